The van der Waals surface area contributed by atoms with E-state index >= 15 is 0 Å². The molecule has 0 amide bonds. The van der Waals surface area contributed by atoms with Crippen LogP contribution in [0.2, 0.25) is 0 Å². The molecule has 58 valence electrons. The smallest absolute Gasteiger partial charge is 0.303 e. The minimum atomic E-state index is -0.814. The number of carboxylic acid groups (broad SMARTS) is 1. The summed E-state index contributed by atoms with van der Waals surface area (Å²) in [6, 6.07) is 0. The first kappa shape index (κ1) is 8.94. The molecule has 0 saturated carbocycles. The van der Waals surface area contributed by atoms with Crippen molar-refractivity contribution in [3.05, 3.63) is 0 Å². The fourth-order valence-corrected chi connectivity index (χ4v) is 0.510. The number of hydrogen-bond donors (Lipinski definition) is 1. The van der Waals surface area contributed by atoms with Crippen LogP contribution in [-0.2, 0) is 14.3 Å². The fourth-order valence-electron chi connectivity index (χ4n) is 0.510. The van der Waals surface area contributed by atoms with Crippen LogP contribution in [0.1, 0.15) is 19.3 Å². The molecule has 0 aromatic rings. The van der Waals surface area contributed by atoms with E-state index in [1.165, 1.54) is 0 Å². The molecule has 0 aromatic heterocycles. The van der Waals surface area contributed by atoms with Crippen LogP contribution in [-0.4, -0.2) is 24.2 Å². The maximum Gasteiger partial charge on any atom is 0.303 e. The van der Waals surface area contributed by atoms with E-state index in [4.69, 9.17) is 5.11 Å². The minimum absolute atomic E-state index is 0.141. The number of carbonyl (C=O) groups excluding carboxylic acids is 1. The van der Waals surface area contributed by atoms with E-state index in [2.05, 4.69) is 4.74 Å². The molecular formula is C6H10O4. The summed E-state index contributed by atoms with van der Waals surface area (Å²) in [6.45, 7) is 0.678. The summed E-state index contributed by atoms with van der Waals surface area (Å²) < 4.78 is 4.34. The molecule has 1 N–H and O–H groups in total. The summed E-state index contributed by atoms with van der Waals surface area (Å²) in [5, 5.41) is 8.16. The van der Waals surface area contributed by atoms with E-state index in [0.29, 0.717) is 25.9 Å². The maximum atomic E-state index is 9.92. The van der Waals surface area contributed by atoms with Gasteiger partial charge in [0, 0.05) is 6.42 Å². The van der Waals surface area contributed by atoms with Crippen molar-refractivity contribution in [2.45, 2.75) is 19.3 Å². The topological polar surface area (TPSA) is 63.6 Å². The van der Waals surface area contributed by atoms with Crippen molar-refractivity contribution in [1.82, 2.24) is 0 Å². The SMILES string of the molecule is O=COCCCCC(=O)O. The Balaban J connectivity index is 2.90. The highest BCUT2D eigenvalue weighted by Gasteiger charge is 1.94. The summed E-state index contributed by atoms with van der Waals surface area (Å²) in [5.74, 6) is -0.814. The molecule has 0 fully saturated rings. The van der Waals surface area contributed by atoms with Crippen molar-refractivity contribution >= 4 is 12.4 Å². The predicted octanol–water partition coefficient (Wildman–Crippen LogP) is 0.414. The van der Waals surface area contributed by atoms with Crippen LogP contribution in [0.15, 0.2) is 0 Å². The van der Waals surface area contributed by atoms with Gasteiger partial charge in [-0.2, -0.15) is 0 Å². The normalized spacial score (nSPS) is 8.80. The molecule has 4 heteroatoms. The molecule has 0 aliphatic rings. The third-order valence-corrected chi connectivity index (χ3v) is 0.971. The Bertz CT molecular complexity index is 110. The lowest BCUT2D eigenvalue weighted by molar-refractivity contribution is -0.137. The van der Waals surface area contributed by atoms with Gasteiger partial charge in [0.15, 0.2) is 0 Å². The van der Waals surface area contributed by atoms with E-state index in [1.54, 1.807) is 0 Å². The Morgan fingerprint density at radius 1 is 1.50 bits per heavy atom. The highest BCUT2D eigenvalue weighted by Crippen LogP contribution is 1.94. The van der Waals surface area contributed by atoms with Gasteiger partial charge in [-0.05, 0) is 12.8 Å². The highest BCUT2D eigenvalue weighted by molar-refractivity contribution is 5.66. The number of carbonyl (C=O) groups is 2. The number of hydrogen-bond acceptors (Lipinski definition) is 3. The average Bonchev–Trinajstić information content (AvgIpc) is 1.87. The second-order valence-electron chi connectivity index (χ2n) is 1.82. The van der Waals surface area contributed by atoms with Crippen LogP contribution in [0.3, 0.4) is 0 Å². The lowest BCUT2D eigenvalue weighted by Gasteiger charge is -1.95. The van der Waals surface area contributed by atoms with Crippen molar-refractivity contribution in [2.24, 2.45) is 0 Å². The van der Waals surface area contributed by atoms with E-state index in [0.717, 1.165) is 0 Å². The summed E-state index contributed by atoms with van der Waals surface area (Å²) in [4.78, 5) is 19.5. The van der Waals surface area contributed by atoms with Crippen LogP contribution < -0.4 is 0 Å². The predicted molar refractivity (Wildman–Crippen MR) is 33.5 cm³/mol. The second kappa shape index (κ2) is 6.07. The zero-order valence-corrected chi connectivity index (χ0v) is 5.58. The molecule has 0 heterocycles. The van der Waals surface area contributed by atoms with Crippen LogP contribution in [0.4, 0.5) is 0 Å². The second-order valence-corrected chi connectivity index (χ2v) is 1.82. The Hall–Kier alpha value is -1.06. The quantitative estimate of drug-likeness (QED) is 0.435. The van der Waals surface area contributed by atoms with Gasteiger partial charge in [0.1, 0.15) is 0 Å². The number of carboxylic acids is 1. The van der Waals surface area contributed by atoms with E-state index < -0.39 is 5.97 Å². The summed E-state index contributed by atoms with van der Waals surface area (Å²) >= 11 is 0. The zero-order valence-electron chi connectivity index (χ0n) is 5.58. The van der Waals surface area contributed by atoms with Gasteiger partial charge in [0.05, 0.1) is 6.61 Å². The van der Waals surface area contributed by atoms with Crippen molar-refractivity contribution in [3.63, 3.8) is 0 Å². The fraction of sp³-hybridized carbons (Fsp3) is 0.667. The van der Waals surface area contributed by atoms with Crippen LogP contribution in [0, 0.1) is 0 Å². The van der Waals surface area contributed by atoms with Crippen LogP contribution in [0.25, 0.3) is 0 Å². The molecule has 4 nitrogen and oxygen atoms in total. The van der Waals surface area contributed by atoms with Gasteiger partial charge in [-0.25, -0.2) is 0 Å². The molecule has 0 radical (unpaired) electrons. The zero-order chi connectivity index (χ0) is 7.82. The molecule has 0 saturated heterocycles. The average molecular weight is 146 g/mol. The largest absolute Gasteiger partial charge is 0.481 e. The third kappa shape index (κ3) is 6.94. The standard InChI is InChI=1S/C6H10O4/c7-5-10-4-2-1-3-6(8)9/h5H,1-4H2,(H,8,9). The maximum absolute atomic E-state index is 9.92. The van der Waals surface area contributed by atoms with E-state index in [1.807, 2.05) is 0 Å². The molecule has 0 aromatic carbocycles. The van der Waals surface area contributed by atoms with Gasteiger partial charge in [0.2, 0.25) is 0 Å². The number of ether oxygens (including phenoxy) is 1. The third-order valence-electron chi connectivity index (χ3n) is 0.971. The Kier molecular flexibility index (Phi) is 5.42. The van der Waals surface area contributed by atoms with Gasteiger partial charge in [-0.15, -0.1) is 0 Å². The molecule has 0 aliphatic carbocycles. The van der Waals surface area contributed by atoms with Gasteiger partial charge >= 0.3 is 5.97 Å². The lowest BCUT2D eigenvalue weighted by atomic mass is 10.2. The van der Waals surface area contributed by atoms with Crippen LogP contribution in [0.5, 0.6) is 0 Å². The molecule has 0 rings (SSSR count). The molecule has 0 bridgehead atoms. The number of unbranched alkanes of at least 4 members (excludes halogenated alkanes) is 1. The first-order valence-electron chi connectivity index (χ1n) is 3.04. The first-order valence-corrected chi connectivity index (χ1v) is 3.04. The molecule has 0 spiro atoms. The summed E-state index contributed by atoms with van der Waals surface area (Å²) in [6.07, 6.45) is 1.32. The molecule has 0 atom stereocenters. The van der Waals surface area contributed by atoms with Gasteiger partial charge in [-0.3, -0.25) is 9.59 Å². The monoisotopic (exact) mass is 146 g/mol. The van der Waals surface area contributed by atoms with Crippen LogP contribution >= 0.6 is 0 Å². The highest BCUT2D eigenvalue weighted by atomic mass is 16.5. The van der Waals surface area contributed by atoms with Gasteiger partial charge in [-0.1, -0.05) is 0 Å². The van der Waals surface area contributed by atoms with Gasteiger partial charge in [0.25, 0.3) is 6.47 Å². The minimum Gasteiger partial charge on any atom is -0.481 e. The van der Waals surface area contributed by atoms with Crippen molar-refractivity contribution in [1.29, 1.82) is 0 Å². The van der Waals surface area contributed by atoms with Crippen molar-refractivity contribution in [2.75, 3.05) is 6.61 Å². The summed E-state index contributed by atoms with van der Waals surface area (Å²) in [5.41, 5.74) is 0. The number of rotatable bonds is 6. The Morgan fingerprint density at radius 3 is 2.70 bits per heavy atom. The Morgan fingerprint density at radius 2 is 2.20 bits per heavy atom. The molecule has 0 aliphatic heterocycles. The Labute approximate surface area is 58.8 Å². The van der Waals surface area contributed by atoms with Gasteiger partial charge < -0.3 is 9.84 Å². The van der Waals surface area contributed by atoms with Crippen molar-refractivity contribution < 1.29 is 19.4 Å². The van der Waals surface area contributed by atoms with E-state index in [-0.39, 0.29) is 6.42 Å². The molecule has 10 heavy (non-hydrogen) atoms. The number of aliphatic carboxylic acids is 1. The molecule has 0 unspecified atom stereocenters. The first-order chi connectivity index (χ1) is 4.77. The van der Waals surface area contributed by atoms with E-state index in [9.17, 15) is 9.59 Å². The summed E-state index contributed by atoms with van der Waals surface area (Å²) in [7, 11) is 0. The lowest BCUT2D eigenvalue weighted by Crippen LogP contribution is -1.96. The molecular weight excluding hydrogens is 136 g/mol. The van der Waals surface area contributed by atoms with Crippen molar-refractivity contribution in [3.8, 4) is 0 Å².